The van der Waals surface area contributed by atoms with Gasteiger partial charge in [-0.05, 0) is 48.2 Å². The molecular weight excluding hydrogens is 485 g/mol. The highest BCUT2D eigenvalue weighted by Crippen LogP contribution is 2.38. The summed E-state index contributed by atoms with van der Waals surface area (Å²) in [7, 11) is 0. The van der Waals surface area contributed by atoms with Gasteiger partial charge in [0.25, 0.3) is 5.91 Å². The third-order valence-electron chi connectivity index (χ3n) is 4.83. The number of carbonyl (C=O) groups excluding carboxylic acids is 1. The van der Waals surface area contributed by atoms with Gasteiger partial charge in [-0.15, -0.1) is 0 Å². The fourth-order valence-corrected chi connectivity index (χ4v) is 5.05. The number of benzene rings is 2. The minimum atomic E-state index is -0.133. The van der Waals surface area contributed by atoms with Crippen LogP contribution in [0.3, 0.4) is 0 Å². The summed E-state index contributed by atoms with van der Waals surface area (Å²) in [6.45, 7) is 9.54. The van der Waals surface area contributed by atoms with Gasteiger partial charge in [0, 0.05) is 17.1 Å². The summed E-state index contributed by atoms with van der Waals surface area (Å²) < 4.78 is 12.3. The Labute approximate surface area is 208 Å². The molecule has 3 rings (SSSR count). The minimum Gasteiger partial charge on any atom is -0.490 e. The van der Waals surface area contributed by atoms with Gasteiger partial charge in [-0.3, -0.25) is 9.69 Å². The van der Waals surface area contributed by atoms with E-state index in [4.69, 9.17) is 44.9 Å². The average Bonchev–Trinajstić information content (AvgIpc) is 2.98. The second-order valence-corrected chi connectivity index (χ2v) is 10.7. The fraction of sp³-hybridized carbons (Fsp3) is 0.333. The standard InChI is InChI=1S/C24H25Cl2NO3S2/c1-5-27-22(28)20(32-23(27)31)13-15-12-17(25)14-19(26)21(15)30-11-10-29-18-8-6-16(7-9-18)24(2,3)4/h6-9,12-14H,5,10-11H2,1-4H3. The summed E-state index contributed by atoms with van der Waals surface area (Å²) in [5.41, 5.74) is 1.95. The first-order valence-electron chi connectivity index (χ1n) is 10.2. The Bertz CT molecular complexity index is 1050. The van der Waals surface area contributed by atoms with Crippen molar-refractivity contribution < 1.29 is 14.3 Å². The molecule has 4 nitrogen and oxygen atoms in total. The van der Waals surface area contributed by atoms with E-state index in [9.17, 15) is 4.79 Å². The maximum absolute atomic E-state index is 12.6. The normalized spacial score (nSPS) is 15.6. The molecule has 0 bridgehead atoms. The summed E-state index contributed by atoms with van der Waals surface area (Å²) in [5, 5.41) is 0.819. The van der Waals surface area contributed by atoms with Crippen molar-refractivity contribution in [2.45, 2.75) is 33.1 Å². The number of hydrogen-bond donors (Lipinski definition) is 0. The molecule has 0 spiro atoms. The van der Waals surface area contributed by atoms with Crippen LogP contribution in [0.4, 0.5) is 0 Å². The smallest absolute Gasteiger partial charge is 0.266 e. The minimum absolute atomic E-state index is 0.0920. The highest BCUT2D eigenvalue weighted by molar-refractivity contribution is 8.26. The highest BCUT2D eigenvalue weighted by atomic mass is 35.5. The zero-order chi connectivity index (χ0) is 23.5. The lowest BCUT2D eigenvalue weighted by Gasteiger charge is -2.19. The second-order valence-electron chi connectivity index (χ2n) is 8.20. The summed E-state index contributed by atoms with van der Waals surface area (Å²) in [4.78, 5) is 14.6. The molecule has 1 amide bonds. The molecule has 2 aromatic carbocycles. The molecule has 0 aromatic heterocycles. The van der Waals surface area contributed by atoms with Crippen LogP contribution in [-0.4, -0.2) is 34.9 Å². The lowest BCUT2D eigenvalue weighted by molar-refractivity contribution is -0.121. The zero-order valence-corrected chi connectivity index (χ0v) is 21.6. The molecule has 0 N–H and O–H groups in total. The number of amides is 1. The molecule has 0 saturated carbocycles. The molecule has 8 heteroatoms. The van der Waals surface area contributed by atoms with E-state index in [0.717, 1.165) is 5.75 Å². The molecule has 1 fully saturated rings. The maximum Gasteiger partial charge on any atom is 0.266 e. The Balaban J connectivity index is 1.69. The molecule has 2 aromatic rings. The van der Waals surface area contributed by atoms with E-state index in [0.29, 0.717) is 43.7 Å². The van der Waals surface area contributed by atoms with Crippen LogP contribution in [0, 0.1) is 0 Å². The summed E-state index contributed by atoms with van der Waals surface area (Å²) in [6.07, 6.45) is 1.72. The number of rotatable bonds is 7. The average molecular weight is 511 g/mol. The van der Waals surface area contributed by atoms with E-state index in [-0.39, 0.29) is 17.9 Å². The molecule has 1 aliphatic heterocycles. The van der Waals surface area contributed by atoms with Crippen LogP contribution in [-0.2, 0) is 10.2 Å². The predicted molar refractivity (Wildman–Crippen MR) is 138 cm³/mol. The first-order valence-corrected chi connectivity index (χ1v) is 12.2. The van der Waals surface area contributed by atoms with Crippen LogP contribution in [0.15, 0.2) is 41.3 Å². The summed E-state index contributed by atoms with van der Waals surface area (Å²) in [5.74, 6) is 1.09. The van der Waals surface area contributed by atoms with E-state index in [2.05, 4.69) is 32.9 Å². The number of nitrogens with zero attached hydrogens (tertiary/aromatic N) is 1. The van der Waals surface area contributed by atoms with Crippen LogP contribution >= 0.6 is 47.2 Å². The lowest BCUT2D eigenvalue weighted by atomic mass is 9.87. The van der Waals surface area contributed by atoms with Crippen molar-refractivity contribution in [1.82, 2.24) is 4.90 Å². The van der Waals surface area contributed by atoms with Crippen LogP contribution in [0.1, 0.15) is 38.8 Å². The predicted octanol–water partition coefficient (Wildman–Crippen LogP) is 6.97. The number of carbonyl (C=O) groups is 1. The molecule has 1 aliphatic rings. The number of likely N-dealkylation sites (N-methyl/N-ethyl adjacent to an activating group) is 1. The van der Waals surface area contributed by atoms with Crippen LogP contribution < -0.4 is 9.47 Å². The van der Waals surface area contributed by atoms with Gasteiger partial charge < -0.3 is 9.47 Å². The van der Waals surface area contributed by atoms with Gasteiger partial charge in [-0.1, -0.05) is 80.1 Å². The van der Waals surface area contributed by atoms with Crippen molar-refractivity contribution in [3.8, 4) is 11.5 Å². The lowest BCUT2D eigenvalue weighted by Crippen LogP contribution is -2.27. The van der Waals surface area contributed by atoms with Crippen molar-refractivity contribution >= 4 is 63.5 Å². The molecular formula is C24H25Cl2NO3S2. The number of halogens is 2. The Morgan fingerprint density at radius 1 is 1.09 bits per heavy atom. The van der Waals surface area contributed by atoms with Crippen LogP contribution in [0.5, 0.6) is 11.5 Å². The highest BCUT2D eigenvalue weighted by Gasteiger charge is 2.31. The monoisotopic (exact) mass is 509 g/mol. The number of thioether (sulfide) groups is 1. The SMILES string of the molecule is CCN1C(=O)C(=Cc2cc(Cl)cc(Cl)c2OCCOc2ccc(C(C)(C)C)cc2)SC1=S. The number of ether oxygens (including phenoxy) is 2. The van der Waals surface area contributed by atoms with Crippen molar-refractivity contribution in [2.75, 3.05) is 19.8 Å². The third kappa shape index (κ3) is 5.98. The Kier molecular flexibility index (Phi) is 8.15. The topological polar surface area (TPSA) is 38.8 Å². The number of thiocarbonyl (C=S) groups is 1. The number of hydrogen-bond acceptors (Lipinski definition) is 5. The first kappa shape index (κ1) is 24.9. The van der Waals surface area contributed by atoms with E-state index in [1.165, 1.54) is 17.3 Å². The Hall–Kier alpha value is -1.73. The van der Waals surface area contributed by atoms with E-state index < -0.39 is 0 Å². The molecule has 1 saturated heterocycles. The molecule has 0 unspecified atom stereocenters. The van der Waals surface area contributed by atoms with E-state index in [1.54, 1.807) is 23.1 Å². The second kappa shape index (κ2) is 10.5. The van der Waals surface area contributed by atoms with Gasteiger partial charge >= 0.3 is 0 Å². The van der Waals surface area contributed by atoms with Gasteiger partial charge in [-0.25, -0.2) is 0 Å². The zero-order valence-electron chi connectivity index (χ0n) is 18.4. The third-order valence-corrected chi connectivity index (χ3v) is 6.71. The van der Waals surface area contributed by atoms with Gasteiger partial charge in [0.05, 0.1) is 9.93 Å². The van der Waals surface area contributed by atoms with Crippen molar-refractivity contribution in [3.05, 3.63) is 62.5 Å². The van der Waals surface area contributed by atoms with Gasteiger partial charge in [0.2, 0.25) is 0 Å². The molecule has 170 valence electrons. The fourth-order valence-electron chi connectivity index (χ4n) is 3.11. The van der Waals surface area contributed by atoms with E-state index in [1.807, 2.05) is 19.1 Å². The first-order chi connectivity index (χ1) is 15.1. The maximum atomic E-state index is 12.6. The van der Waals surface area contributed by atoms with Gasteiger partial charge in [-0.2, -0.15) is 0 Å². The van der Waals surface area contributed by atoms with Crippen molar-refractivity contribution in [1.29, 1.82) is 0 Å². The van der Waals surface area contributed by atoms with Crippen LogP contribution in [0.25, 0.3) is 6.08 Å². The quantitative estimate of drug-likeness (QED) is 0.229. The summed E-state index contributed by atoms with van der Waals surface area (Å²) in [6, 6.07) is 11.4. The molecule has 32 heavy (non-hydrogen) atoms. The molecule has 1 heterocycles. The van der Waals surface area contributed by atoms with Gasteiger partial charge in [0.1, 0.15) is 29.0 Å². The van der Waals surface area contributed by atoms with E-state index >= 15 is 0 Å². The Morgan fingerprint density at radius 2 is 1.75 bits per heavy atom. The van der Waals surface area contributed by atoms with Crippen molar-refractivity contribution in [3.63, 3.8) is 0 Å². The van der Waals surface area contributed by atoms with Crippen molar-refractivity contribution in [2.24, 2.45) is 0 Å². The molecule has 0 atom stereocenters. The summed E-state index contributed by atoms with van der Waals surface area (Å²) >= 11 is 19.1. The van der Waals surface area contributed by atoms with Gasteiger partial charge in [0.15, 0.2) is 0 Å². The largest absolute Gasteiger partial charge is 0.490 e. The molecule has 0 aliphatic carbocycles. The Morgan fingerprint density at radius 3 is 2.34 bits per heavy atom. The molecule has 0 radical (unpaired) electrons. The van der Waals surface area contributed by atoms with Crippen LogP contribution in [0.2, 0.25) is 10.0 Å².